The normalized spacial score (nSPS) is 19.4. The van der Waals surface area contributed by atoms with Crippen LogP contribution in [0.15, 0.2) is 30.3 Å². The molecule has 3 amide bonds. The van der Waals surface area contributed by atoms with E-state index in [2.05, 4.69) is 0 Å². The van der Waals surface area contributed by atoms with E-state index in [1.165, 1.54) is 4.90 Å². The van der Waals surface area contributed by atoms with E-state index >= 15 is 0 Å². The fourth-order valence-electron chi connectivity index (χ4n) is 8.51. The zero-order valence-electron chi connectivity index (χ0n) is 36.5. The van der Waals surface area contributed by atoms with Crippen LogP contribution < -0.4 is 0 Å². The highest BCUT2D eigenvalue weighted by Gasteiger charge is 2.43. The number of hydrogen-bond acceptors (Lipinski definition) is 9. The first-order valence-corrected chi connectivity index (χ1v) is 20.7. The monoisotopic (exact) mass is 788 g/mol. The predicted molar refractivity (Wildman–Crippen MR) is 218 cm³/mol. The number of carbonyl (C=O) groups excluding carboxylic acids is 5. The van der Waals surface area contributed by atoms with Crippen molar-refractivity contribution in [3.63, 3.8) is 0 Å². The third-order valence-corrected chi connectivity index (χ3v) is 12.0. The molecule has 0 bridgehead atoms. The van der Waals surface area contributed by atoms with E-state index in [4.69, 9.17) is 14.2 Å². The van der Waals surface area contributed by atoms with Gasteiger partial charge in [0.15, 0.2) is 5.78 Å². The molecule has 12 heteroatoms. The Morgan fingerprint density at radius 2 is 1.45 bits per heavy atom. The van der Waals surface area contributed by atoms with E-state index in [9.17, 15) is 29.1 Å². The Morgan fingerprint density at radius 3 is 1.96 bits per heavy atom. The highest BCUT2D eigenvalue weighted by Crippen LogP contribution is 2.33. The van der Waals surface area contributed by atoms with Crippen LogP contribution in [0.25, 0.3) is 0 Å². The van der Waals surface area contributed by atoms with Gasteiger partial charge in [-0.3, -0.25) is 19.2 Å². The van der Waals surface area contributed by atoms with Crippen LogP contribution in [-0.2, 0) is 33.4 Å². The average Bonchev–Trinajstić information content (AvgIpc) is 3.65. The molecule has 1 aliphatic rings. The molecule has 1 unspecified atom stereocenters. The summed E-state index contributed by atoms with van der Waals surface area (Å²) in [7, 11) is 6.40. The maximum Gasteiger partial charge on any atom is 0.410 e. The van der Waals surface area contributed by atoms with Crippen LogP contribution in [0.2, 0.25) is 0 Å². The van der Waals surface area contributed by atoms with E-state index < -0.39 is 48.3 Å². The van der Waals surface area contributed by atoms with E-state index in [0.29, 0.717) is 13.0 Å². The molecule has 0 aliphatic carbocycles. The number of amides is 3. The number of nitrogens with zero attached hydrogens (tertiary/aromatic N) is 3. The maximum absolute atomic E-state index is 14.4. The molecule has 1 aromatic carbocycles. The Morgan fingerprint density at radius 1 is 0.821 bits per heavy atom. The lowest BCUT2D eigenvalue weighted by Crippen LogP contribution is -2.54. The van der Waals surface area contributed by atoms with E-state index in [1.54, 1.807) is 40.1 Å². The van der Waals surface area contributed by atoms with Crippen molar-refractivity contribution < 1.29 is 43.3 Å². The molecule has 10 atom stereocenters. The predicted octanol–water partition coefficient (Wildman–Crippen LogP) is 6.58. The van der Waals surface area contributed by atoms with Crippen LogP contribution in [0.3, 0.4) is 0 Å². The molecule has 56 heavy (non-hydrogen) atoms. The Labute approximate surface area is 337 Å². The van der Waals surface area contributed by atoms with Gasteiger partial charge in [0.1, 0.15) is 5.78 Å². The van der Waals surface area contributed by atoms with Crippen LogP contribution in [-0.4, -0.2) is 121 Å². The SMILES string of the molecule is CCOC(=O)N(C)[C@H](C(=O)CC(C(=O)N(C)[C@@H]([C@@H](C)CC)[C@@H](CC(=O)N1CCC[C@H]1[C@H](OC)[C@@H](C)C(=O)C[C@H](C)[C@@H](O)c1ccccc1)OC)C(C)C)C(C)C. The quantitative estimate of drug-likeness (QED) is 0.130. The zero-order valence-corrected chi connectivity index (χ0v) is 36.5. The second-order valence-electron chi connectivity index (χ2n) is 16.6. The van der Waals surface area contributed by atoms with Crippen molar-refractivity contribution in [2.45, 2.75) is 137 Å². The van der Waals surface area contributed by atoms with Gasteiger partial charge in [-0.1, -0.05) is 92.1 Å². The van der Waals surface area contributed by atoms with Gasteiger partial charge < -0.3 is 34.0 Å². The van der Waals surface area contributed by atoms with Crippen LogP contribution in [0, 0.1) is 35.5 Å². The first-order chi connectivity index (χ1) is 26.4. The molecule has 1 heterocycles. The first kappa shape index (κ1) is 48.8. The van der Waals surface area contributed by atoms with Gasteiger partial charge in [-0.05, 0) is 49.0 Å². The number of likely N-dealkylation sites (N-methyl/N-ethyl adjacent to an activating group) is 2. The molecular weight excluding hydrogens is 714 g/mol. The van der Waals surface area contributed by atoms with Crippen molar-refractivity contribution in [3.8, 4) is 0 Å². The average molecular weight is 788 g/mol. The van der Waals surface area contributed by atoms with Gasteiger partial charge in [-0.2, -0.15) is 0 Å². The molecule has 1 saturated heterocycles. The maximum atomic E-state index is 14.4. The van der Waals surface area contributed by atoms with Crippen molar-refractivity contribution >= 4 is 29.5 Å². The molecule has 1 aliphatic heterocycles. The molecule has 2 rings (SSSR count). The summed E-state index contributed by atoms with van der Waals surface area (Å²) in [5.41, 5.74) is 0.763. The number of ether oxygens (including phenoxy) is 3. The number of benzene rings is 1. The summed E-state index contributed by atoms with van der Waals surface area (Å²) >= 11 is 0. The lowest BCUT2D eigenvalue weighted by atomic mass is 9.83. The number of aliphatic hydroxyl groups excluding tert-OH is 1. The van der Waals surface area contributed by atoms with Crippen molar-refractivity contribution in [3.05, 3.63) is 35.9 Å². The summed E-state index contributed by atoms with van der Waals surface area (Å²) < 4.78 is 17.2. The van der Waals surface area contributed by atoms with Gasteiger partial charge in [0.25, 0.3) is 0 Å². The Kier molecular flexibility index (Phi) is 20.2. The largest absolute Gasteiger partial charge is 0.450 e. The van der Waals surface area contributed by atoms with Crippen LogP contribution in [0.1, 0.15) is 113 Å². The Hall–Kier alpha value is -3.35. The third kappa shape index (κ3) is 12.6. The second kappa shape index (κ2) is 23.2. The van der Waals surface area contributed by atoms with E-state index in [-0.39, 0.29) is 79.0 Å². The summed E-state index contributed by atoms with van der Waals surface area (Å²) in [5, 5.41) is 10.9. The van der Waals surface area contributed by atoms with Gasteiger partial charge in [0, 0.05) is 59.5 Å². The minimum Gasteiger partial charge on any atom is -0.450 e. The highest BCUT2D eigenvalue weighted by atomic mass is 16.6. The molecule has 318 valence electrons. The molecule has 1 aromatic rings. The standard InChI is InChI=1S/C44H73N3O9/c1-14-29(7)40(45(10)43(52)33(27(3)4)25-36(49)39(28(5)6)46(11)44(53)56-15-2)37(54-12)26-38(50)47-23-19-22-34(47)42(55-13)31(9)35(48)24-30(8)41(51)32-20-17-16-18-21-32/h16-18,20-21,27-31,33-34,37,39-42,51H,14-15,19,22-26H2,1-13H3/t29-,30-,31-,33?,34-,37+,39-,40-,41+,42+/m0/s1. The number of methoxy groups -OCH3 is 2. The number of aliphatic hydroxyl groups is 1. The van der Waals surface area contributed by atoms with Crippen molar-refractivity contribution in [1.82, 2.24) is 14.7 Å². The van der Waals surface area contributed by atoms with Gasteiger partial charge >= 0.3 is 6.09 Å². The first-order valence-electron chi connectivity index (χ1n) is 20.7. The van der Waals surface area contributed by atoms with Crippen molar-refractivity contribution in [2.24, 2.45) is 35.5 Å². The van der Waals surface area contributed by atoms with Gasteiger partial charge in [0.05, 0.1) is 49.5 Å². The molecule has 0 aromatic heterocycles. The number of ketones is 2. The Bertz CT molecular complexity index is 1410. The third-order valence-electron chi connectivity index (χ3n) is 12.0. The number of hydrogen-bond donors (Lipinski definition) is 1. The summed E-state index contributed by atoms with van der Waals surface area (Å²) in [6.45, 7) is 17.7. The van der Waals surface area contributed by atoms with Gasteiger partial charge in [0.2, 0.25) is 11.8 Å². The molecule has 0 spiro atoms. The molecule has 1 N–H and O–H groups in total. The smallest absolute Gasteiger partial charge is 0.410 e. The van der Waals surface area contributed by atoms with E-state index in [0.717, 1.165) is 18.4 Å². The summed E-state index contributed by atoms with van der Waals surface area (Å²) in [6.07, 6.45) is -0.240. The highest BCUT2D eigenvalue weighted by molar-refractivity contribution is 5.92. The number of rotatable bonds is 23. The molecule has 0 radical (unpaired) electrons. The minimum atomic E-state index is -0.779. The second-order valence-corrected chi connectivity index (χ2v) is 16.6. The summed E-state index contributed by atoms with van der Waals surface area (Å²) in [4.78, 5) is 73.5. The lowest BCUT2D eigenvalue weighted by Gasteiger charge is -2.41. The fourth-order valence-corrected chi connectivity index (χ4v) is 8.51. The summed E-state index contributed by atoms with van der Waals surface area (Å²) in [6, 6.07) is 7.76. The van der Waals surface area contributed by atoms with Crippen LogP contribution >= 0.6 is 0 Å². The van der Waals surface area contributed by atoms with Gasteiger partial charge in [-0.25, -0.2) is 4.79 Å². The van der Waals surface area contributed by atoms with Gasteiger partial charge in [-0.15, -0.1) is 0 Å². The number of likely N-dealkylation sites (tertiary alicyclic amines) is 1. The number of Topliss-reactive ketones (excluding diaryl/α,β-unsaturated/α-hetero) is 2. The van der Waals surface area contributed by atoms with Crippen LogP contribution in [0.5, 0.6) is 0 Å². The Balaban J connectivity index is 2.28. The molecule has 12 nitrogen and oxygen atoms in total. The fraction of sp³-hybridized carbons (Fsp3) is 0.750. The number of carbonyl (C=O) groups is 5. The minimum absolute atomic E-state index is 0.0176. The topological polar surface area (TPSA) is 143 Å². The van der Waals surface area contributed by atoms with Crippen molar-refractivity contribution in [1.29, 1.82) is 0 Å². The lowest BCUT2D eigenvalue weighted by molar-refractivity contribution is -0.149. The summed E-state index contributed by atoms with van der Waals surface area (Å²) in [5.74, 6) is -2.50. The zero-order chi connectivity index (χ0) is 42.4. The molecule has 0 saturated carbocycles. The van der Waals surface area contributed by atoms with Crippen LogP contribution in [0.4, 0.5) is 4.79 Å². The molecular formula is C44H73N3O9. The van der Waals surface area contributed by atoms with Crippen molar-refractivity contribution in [2.75, 3.05) is 41.5 Å². The van der Waals surface area contributed by atoms with E-state index in [1.807, 2.05) is 90.6 Å². The molecule has 1 fully saturated rings.